The molecule has 2 fully saturated rings. The van der Waals surface area contributed by atoms with Gasteiger partial charge in [0.2, 0.25) is 10.0 Å². The second kappa shape index (κ2) is 5.47. The first-order chi connectivity index (χ1) is 9.55. The van der Waals surface area contributed by atoms with Crippen molar-refractivity contribution in [1.29, 1.82) is 0 Å². The molecule has 110 valence electrons. The highest BCUT2D eigenvalue weighted by molar-refractivity contribution is 7.88. The molecule has 1 aromatic carbocycles. The standard InChI is InChI=1S/C15H22N2O2S/c16-9-12-2-1-3-13(6-12)10-20(18,19)17-15-8-11-4-5-14(15)7-11/h1-3,6,11,14-15,17H,4-5,7-10,16H2. The van der Waals surface area contributed by atoms with Crippen molar-refractivity contribution in [2.75, 3.05) is 0 Å². The van der Waals surface area contributed by atoms with E-state index in [1.807, 2.05) is 24.3 Å². The molecule has 2 saturated carbocycles. The van der Waals surface area contributed by atoms with Gasteiger partial charge in [0.05, 0.1) is 5.75 Å². The van der Waals surface area contributed by atoms with Gasteiger partial charge in [-0.1, -0.05) is 30.7 Å². The number of hydrogen-bond donors (Lipinski definition) is 2. The third-order valence-electron chi connectivity index (χ3n) is 4.65. The number of hydrogen-bond acceptors (Lipinski definition) is 3. The monoisotopic (exact) mass is 294 g/mol. The summed E-state index contributed by atoms with van der Waals surface area (Å²) in [6.45, 7) is 0.438. The van der Waals surface area contributed by atoms with E-state index >= 15 is 0 Å². The Morgan fingerprint density at radius 2 is 2.00 bits per heavy atom. The molecular formula is C15H22N2O2S. The van der Waals surface area contributed by atoms with Crippen LogP contribution in [-0.2, 0) is 22.3 Å². The minimum Gasteiger partial charge on any atom is -0.326 e. The summed E-state index contributed by atoms with van der Waals surface area (Å²) in [5.41, 5.74) is 7.37. The molecule has 20 heavy (non-hydrogen) atoms. The fraction of sp³-hybridized carbons (Fsp3) is 0.600. The molecule has 2 bridgehead atoms. The van der Waals surface area contributed by atoms with Gasteiger partial charge in [0.1, 0.15) is 0 Å². The SMILES string of the molecule is NCc1cccc(CS(=O)(=O)NC2CC3CCC2C3)c1. The molecule has 0 heterocycles. The molecule has 1 aromatic rings. The van der Waals surface area contributed by atoms with E-state index in [4.69, 9.17) is 5.73 Å². The van der Waals surface area contributed by atoms with E-state index in [1.54, 1.807) is 0 Å². The molecule has 0 aromatic heterocycles. The van der Waals surface area contributed by atoms with E-state index in [9.17, 15) is 8.42 Å². The average molecular weight is 294 g/mol. The number of nitrogens with two attached hydrogens (primary N) is 1. The van der Waals surface area contributed by atoms with Gasteiger partial charge in [0, 0.05) is 12.6 Å². The molecule has 2 aliphatic rings. The Hall–Kier alpha value is -0.910. The van der Waals surface area contributed by atoms with E-state index in [-0.39, 0.29) is 11.8 Å². The van der Waals surface area contributed by atoms with Crippen molar-refractivity contribution in [3.05, 3.63) is 35.4 Å². The van der Waals surface area contributed by atoms with Gasteiger partial charge >= 0.3 is 0 Å². The Labute approximate surface area is 120 Å². The Kier molecular flexibility index (Phi) is 3.84. The third-order valence-corrected chi connectivity index (χ3v) is 6.03. The van der Waals surface area contributed by atoms with Crippen molar-refractivity contribution in [2.24, 2.45) is 17.6 Å². The zero-order valence-electron chi connectivity index (χ0n) is 11.6. The molecule has 0 spiro atoms. The van der Waals surface area contributed by atoms with Crippen LogP contribution in [0.2, 0.25) is 0 Å². The van der Waals surface area contributed by atoms with Gasteiger partial charge in [-0.3, -0.25) is 0 Å². The number of sulfonamides is 1. The summed E-state index contributed by atoms with van der Waals surface area (Å²) in [5.74, 6) is 1.35. The molecule has 0 aliphatic heterocycles. The summed E-state index contributed by atoms with van der Waals surface area (Å²) in [5, 5.41) is 0. The minimum atomic E-state index is -3.26. The largest absolute Gasteiger partial charge is 0.326 e. The molecule has 5 heteroatoms. The van der Waals surface area contributed by atoms with Crippen molar-refractivity contribution in [1.82, 2.24) is 4.72 Å². The lowest BCUT2D eigenvalue weighted by molar-refractivity contribution is 0.390. The summed E-state index contributed by atoms with van der Waals surface area (Å²) in [7, 11) is -3.26. The van der Waals surface area contributed by atoms with Gasteiger partial charge in [-0.05, 0) is 42.2 Å². The summed E-state index contributed by atoms with van der Waals surface area (Å²) >= 11 is 0. The summed E-state index contributed by atoms with van der Waals surface area (Å²) < 4.78 is 27.5. The van der Waals surface area contributed by atoms with Gasteiger partial charge in [0.15, 0.2) is 0 Å². The number of nitrogens with one attached hydrogen (secondary N) is 1. The van der Waals surface area contributed by atoms with Crippen LogP contribution in [0.15, 0.2) is 24.3 Å². The predicted octanol–water partition coefficient (Wildman–Crippen LogP) is 1.75. The first kappa shape index (κ1) is 14.0. The van der Waals surface area contributed by atoms with Gasteiger partial charge in [-0.2, -0.15) is 0 Å². The lowest BCUT2D eigenvalue weighted by Crippen LogP contribution is -2.39. The highest BCUT2D eigenvalue weighted by atomic mass is 32.2. The van der Waals surface area contributed by atoms with Crippen molar-refractivity contribution in [3.8, 4) is 0 Å². The molecule has 0 saturated heterocycles. The molecule has 3 rings (SSSR count). The Morgan fingerprint density at radius 3 is 2.65 bits per heavy atom. The van der Waals surface area contributed by atoms with Crippen LogP contribution in [0.3, 0.4) is 0 Å². The fourth-order valence-electron chi connectivity index (χ4n) is 3.73. The van der Waals surface area contributed by atoms with Crippen LogP contribution >= 0.6 is 0 Å². The highest BCUT2D eigenvalue weighted by Gasteiger charge is 2.40. The highest BCUT2D eigenvalue weighted by Crippen LogP contribution is 2.44. The second-order valence-corrected chi connectivity index (χ2v) is 7.94. The first-order valence-electron chi connectivity index (χ1n) is 7.33. The number of rotatable bonds is 5. The second-order valence-electron chi connectivity index (χ2n) is 6.18. The van der Waals surface area contributed by atoms with Crippen LogP contribution in [0.1, 0.15) is 36.8 Å². The average Bonchev–Trinajstić information content (AvgIpc) is 3.00. The van der Waals surface area contributed by atoms with Gasteiger partial charge in [-0.15, -0.1) is 0 Å². The van der Waals surface area contributed by atoms with Gasteiger partial charge in [-0.25, -0.2) is 13.1 Å². The van der Waals surface area contributed by atoms with Crippen molar-refractivity contribution in [3.63, 3.8) is 0 Å². The van der Waals surface area contributed by atoms with Crippen LogP contribution in [0.5, 0.6) is 0 Å². The molecule has 2 aliphatic carbocycles. The summed E-state index contributed by atoms with van der Waals surface area (Å²) in [6, 6.07) is 7.67. The van der Waals surface area contributed by atoms with Gasteiger partial charge < -0.3 is 5.73 Å². The van der Waals surface area contributed by atoms with Crippen LogP contribution in [-0.4, -0.2) is 14.5 Å². The van der Waals surface area contributed by atoms with Crippen LogP contribution in [0.25, 0.3) is 0 Å². The maximum absolute atomic E-state index is 12.3. The number of fused-ring (bicyclic) bond motifs is 2. The zero-order chi connectivity index (χ0) is 14.2. The quantitative estimate of drug-likeness (QED) is 0.869. The van der Waals surface area contributed by atoms with E-state index < -0.39 is 10.0 Å². The maximum atomic E-state index is 12.3. The van der Waals surface area contributed by atoms with E-state index in [0.717, 1.165) is 23.5 Å². The molecule has 3 unspecified atom stereocenters. The Bertz CT molecular complexity index is 585. The van der Waals surface area contributed by atoms with E-state index in [1.165, 1.54) is 19.3 Å². The fourth-order valence-corrected chi connectivity index (χ4v) is 5.18. The minimum absolute atomic E-state index is 0.0503. The van der Waals surface area contributed by atoms with Crippen molar-refractivity contribution >= 4 is 10.0 Å². The topological polar surface area (TPSA) is 72.2 Å². The zero-order valence-corrected chi connectivity index (χ0v) is 12.4. The maximum Gasteiger partial charge on any atom is 0.216 e. The Morgan fingerprint density at radius 1 is 1.20 bits per heavy atom. The predicted molar refractivity (Wildman–Crippen MR) is 79.3 cm³/mol. The van der Waals surface area contributed by atoms with Gasteiger partial charge in [0.25, 0.3) is 0 Å². The Balaban J connectivity index is 1.66. The molecule has 3 atom stereocenters. The molecular weight excluding hydrogens is 272 g/mol. The lowest BCUT2D eigenvalue weighted by atomic mass is 9.96. The molecule has 4 nitrogen and oxygen atoms in total. The summed E-state index contributed by atoms with van der Waals surface area (Å²) in [4.78, 5) is 0. The van der Waals surface area contributed by atoms with Crippen molar-refractivity contribution < 1.29 is 8.42 Å². The number of benzene rings is 1. The molecule has 0 radical (unpaired) electrons. The smallest absolute Gasteiger partial charge is 0.216 e. The van der Waals surface area contributed by atoms with Crippen LogP contribution in [0, 0.1) is 11.8 Å². The lowest BCUT2D eigenvalue weighted by Gasteiger charge is -2.22. The van der Waals surface area contributed by atoms with E-state index in [2.05, 4.69) is 4.72 Å². The van der Waals surface area contributed by atoms with Crippen LogP contribution in [0.4, 0.5) is 0 Å². The normalized spacial score (nSPS) is 28.9. The van der Waals surface area contributed by atoms with Crippen molar-refractivity contribution in [2.45, 2.75) is 44.0 Å². The summed E-state index contributed by atoms with van der Waals surface area (Å²) in [6.07, 6.45) is 4.69. The van der Waals surface area contributed by atoms with Crippen LogP contribution < -0.4 is 10.5 Å². The third kappa shape index (κ3) is 3.05. The molecule has 3 N–H and O–H groups in total. The molecule has 0 amide bonds. The van der Waals surface area contributed by atoms with E-state index in [0.29, 0.717) is 12.5 Å². The first-order valence-corrected chi connectivity index (χ1v) is 8.99.